The zero-order valence-electron chi connectivity index (χ0n) is 15.0. The fourth-order valence-electron chi connectivity index (χ4n) is 2.44. The first-order valence-electron chi connectivity index (χ1n) is 8.19. The van der Waals surface area contributed by atoms with E-state index in [0.717, 1.165) is 0 Å². The molecule has 0 saturated heterocycles. The Bertz CT molecular complexity index is 882. The van der Waals surface area contributed by atoms with Crippen molar-refractivity contribution >= 4 is 33.3 Å². The summed E-state index contributed by atoms with van der Waals surface area (Å²) in [6.45, 7) is 1.01. The van der Waals surface area contributed by atoms with Crippen molar-refractivity contribution in [2.75, 3.05) is 32.5 Å². The lowest BCUT2D eigenvalue weighted by Crippen LogP contribution is -2.28. The Morgan fingerprint density at radius 3 is 2.63 bits per heavy atom. The largest absolute Gasteiger partial charge is 0.478 e. The van der Waals surface area contributed by atoms with Crippen molar-refractivity contribution in [2.45, 2.75) is 17.9 Å². The molecule has 2 aromatic rings. The molecule has 0 saturated carbocycles. The molecule has 3 N–H and O–H groups in total. The highest BCUT2D eigenvalue weighted by atomic mass is 35.5. The highest BCUT2D eigenvalue weighted by Gasteiger charge is 2.26. The highest BCUT2D eigenvalue weighted by Crippen LogP contribution is 2.33. The van der Waals surface area contributed by atoms with Crippen molar-refractivity contribution in [3.05, 3.63) is 46.9 Å². The summed E-state index contributed by atoms with van der Waals surface area (Å²) in [5, 5.41) is 12.2. The number of hydrogen-bond acceptors (Lipinski definition) is 6. The van der Waals surface area contributed by atoms with E-state index in [9.17, 15) is 18.3 Å². The first kappa shape index (κ1) is 21.2. The van der Waals surface area contributed by atoms with Crippen molar-refractivity contribution in [1.82, 2.24) is 9.62 Å². The van der Waals surface area contributed by atoms with Gasteiger partial charge in [0.15, 0.2) is 0 Å². The Hall–Kier alpha value is -2.07. The molecule has 1 aromatic carbocycles. The maximum atomic E-state index is 12.8. The molecule has 0 aliphatic heterocycles. The number of aromatic carboxylic acids is 1. The quantitative estimate of drug-likeness (QED) is 0.511. The van der Waals surface area contributed by atoms with E-state index in [2.05, 4.69) is 10.0 Å². The Balaban J connectivity index is 2.34. The monoisotopic (exact) mass is 415 g/mol. The number of hydrogen-bond donors (Lipinski definition) is 3. The van der Waals surface area contributed by atoms with Crippen molar-refractivity contribution < 1.29 is 22.7 Å². The second kappa shape index (κ2) is 9.23. The molecular formula is C17H22ClN3O5S. The number of benzene rings is 1. The van der Waals surface area contributed by atoms with E-state index >= 15 is 0 Å². The predicted molar refractivity (Wildman–Crippen MR) is 103 cm³/mol. The van der Waals surface area contributed by atoms with Gasteiger partial charge in [0, 0.05) is 6.54 Å². The number of nitrogens with one attached hydrogen (secondary N) is 2. The summed E-state index contributed by atoms with van der Waals surface area (Å²) in [6, 6.07) is 5.89. The molecule has 8 nitrogen and oxygen atoms in total. The third-order valence-electron chi connectivity index (χ3n) is 3.70. The molecule has 148 valence electrons. The summed E-state index contributed by atoms with van der Waals surface area (Å²) >= 11 is 6.13. The van der Waals surface area contributed by atoms with Gasteiger partial charge in [-0.05, 0) is 51.3 Å². The third-order valence-corrected chi connectivity index (χ3v) is 5.68. The third kappa shape index (κ3) is 5.70. The van der Waals surface area contributed by atoms with Gasteiger partial charge in [0.05, 0.1) is 29.1 Å². The van der Waals surface area contributed by atoms with Crippen LogP contribution in [0.4, 0.5) is 5.69 Å². The number of halogens is 1. The average molecular weight is 416 g/mol. The minimum absolute atomic E-state index is 0.0675. The van der Waals surface area contributed by atoms with E-state index in [0.29, 0.717) is 18.7 Å². The number of furan rings is 1. The van der Waals surface area contributed by atoms with Crippen LogP contribution in [-0.2, 0) is 16.6 Å². The molecule has 1 heterocycles. The van der Waals surface area contributed by atoms with Crippen LogP contribution in [0.5, 0.6) is 0 Å². The zero-order chi connectivity index (χ0) is 20.0. The van der Waals surface area contributed by atoms with Gasteiger partial charge >= 0.3 is 5.97 Å². The number of carboxylic acids is 1. The summed E-state index contributed by atoms with van der Waals surface area (Å²) in [5.74, 6) is -0.744. The molecule has 0 radical (unpaired) electrons. The Labute approximate surface area is 163 Å². The lowest BCUT2D eigenvalue weighted by Gasteiger charge is -2.17. The molecule has 2 rings (SSSR count). The van der Waals surface area contributed by atoms with Crippen LogP contribution in [0.15, 0.2) is 39.8 Å². The molecule has 0 atom stereocenters. The van der Waals surface area contributed by atoms with Gasteiger partial charge in [-0.2, -0.15) is 0 Å². The van der Waals surface area contributed by atoms with Gasteiger partial charge < -0.3 is 19.7 Å². The first-order chi connectivity index (χ1) is 12.7. The minimum Gasteiger partial charge on any atom is -0.478 e. The summed E-state index contributed by atoms with van der Waals surface area (Å²) < 4.78 is 33.3. The van der Waals surface area contributed by atoms with Gasteiger partial charge in [-0.15, -0.1) is 0 Å². The Kier molecular flexibility index (Phi) is 7.25. The lowest BCUT2D eigenvalue weighted by molar-refractivity contribution is 0.0697. The van der Waals surface area contributed by atoms with Crippen molar-refractivity contribution in [2.24, 2.45) is 0 Å². The van der Waals surface area contributed by atoms with E-state index in [1.807, 2.05) is 19.0 Å². The second-order valence-electron chi connectivity index (χ2n) is 6.09. The molecule has 1 aromatic heterocycles. The molecule has 27 heavy (non-hydrogen) atoms. The van der Waals surface area contributed by atoms with Crippen LogP contribution < -0.4 is 10.0 Å². The first-order valence-corrected chi connectivity index (χ1v) is 10.0. The van der Waals surface area contributed by atoms with Crippen LogP contribution in [0, 0.1) is 0 Å². The predicted octanol–water partition coefficient (Wildman–Crippen LogP) is 2.47. The number of nitrogens with zero attached hydrogens (tertiary/aromatic N) is 1. The minimum atomic E-state index is -4.02. The maximum Gasteiger partial charge on any atom is 0.337 e. The standard InChI is InChI=1S/C17H22ClN3O5S/c1-21(2)9-4-8-20-27(24,25)16-14(18)7-6-13(17(22)23)15(16)19-11-12-5-3-10-26-12/h3,5-7,10,19-20H,4,8-9,11H2,1-2H3,(H,22,23). The highest BCUT2D eigenvalue weighted by molar-refractivity contribution is 7.89. The normalized spacial score (nSPS) is 11.7. The molecule has 0 aliphatic carbocycles. The van der Waals surface area contributed by atoms with Crippen LogP contribution in [0.3, 0.4) is 0 Å². The summed E-state index contributed by atoms with van der Waals surface area (Å²) in [4.78, 5) is 13.2. The van der Waals surface area contributed by atoms with E-state index in [-0.39, 0.29) is 34.3 Å². The van der Waals surface area contributed by atoms with Crippen molar-refractivity contribution in [1.29, 1.82) is 0 Å². The van der Waals surface area contributed by atoms with Crippen LogP contribution in [0.1, 0.15) is 22.5 Å². The number of rotatable bonds is 10. The van der Waals surface area contributed by atoms with Crippen molar-refractivity contribution in [3.63, 3.8) is 0 Å². The Morgan fingerprint density at radius 1 is 1.30 bits per heavy atom. The average Bonchev–Trinajstić information content (AvgIpc) is 3.09. The van der Waals surface area contributed by atoms with Gasteiger partial charge in [-0.3, -0.25) is 0 Å². The van der Waals surface area contributed by atoms with E-state index in [1.54, 1.807) is 12.1 Å². The maximum absolute atomic E-state index is 12.8. The number of sulfonamides is 1. The lowest BCUT2D eigenvalue weighted by atomic mass is 10.1. The van der Waals surface area contributed by atoms with E-state index < -0.39 is 16.0 Å². The fourth-order valence-corrected chi connectivity index (χ4v) is 4.23. The van der Waals surface area contributed by atoms with Gasteiger partial charge in [-0.25, -0.2) is 17.9 Å². The number of carboxylic acid groups (broad SMARTS) is 1. The molecule has 0 unspecified atom stereocenters. The number of anilines is 1. The van der Waals surface area contributed by atoms with Crippen LogP contribution >= 0.6 is 11.6 Å². The summed E-state index contributed by atoms with van der Waals surface area (Å²) in [5.41, 5.74) is -0.272. The molecule has 0 amide bonds. The molecule has 0 bridgehead atoms. The van der Waals surface area contributed by atoms with E-state index in [4.69, 9.17) is 16.0 Å². The summed E-state index contributed by atoms with van der Waals surface area (Å²) in [6.07, 6.45) is 2.06. The van der Waals surface area contributed by atoms with Gasteiger partial charge in [0.1, 0.15) is 10.7 Å². The van der Waals surface area contributed by atoms with Crippen molar-refractivity contribution in [3.8, 4) is 0 Å². The zero-order valence-corrected chi connectivity index (χ0v) is 16.6. The van der Waals surface area contributed by atoms with Gasteiger partial charge in [0.25, 0.3) is 0 Å². The molecule has 0 spiro atoms. The topological polar surface area (TPSA) is 112 Å². The molecule has 10 heteroatoms. The van der Waals surface area contributed by atoms with Gasteiger partial charge in [-0.1, -0.05) is 11.6 Å². The smallest absolute Gasteiger partial charge is 0.337 e. The number of carbonyl (C=O) groups is 1. The van der Waals surface area contributed by atoms with Crippen LogP contribution in [0.2, 0.25) is 5.02 Å². The Morgan fingerprint density at radius 2 is 2.04 bits per heavy atom. The van der Waals surface area contributed by atoms with Crippen LogP contribution in [-0.4, -0.2) is 51.6 Å². The SMILES string of the molecule is CN(C)CCCNS(=O)(=O)c1c(Cl)ccc(C(=O)O)c1NCc1ccco1. The van der Waals surface area contributed by atoms with E-state index in [1.165, 1.54) is 18.4 Å². The molecule has 0 fully saturated rings. The summed E-state index contributed by atoms with van der Waals surface area (Å²) in [7, 11) is -0.249. The van der Waals surface area contributed by atoms with Gasteiger partial charge in [0.2, 0.25) is 10.0 Å². The molecule has 0 aliphatic rings. The molecular weight excluding hydrogens is 394 g/mol. The second-order valence-corrected chi connectivity index (χ2v) is 8.20. The van der Waals surface area contributed by atoms with Crippen LogP contribution in [0.25, 0.3) is 0 Å². The fraction of sp³-hybridized carbons (Fsp3) is 0.353.